The van der Waals surface area contributed by atoms with Gasteiger partial charge < -0.3 is 5.11 Å². The number of aromatic nitrogens is 4. The Morgan fingerprint density at radius 1 is 1.69 bits per heavy atom. The van der Waals surface area contributed by atoms with Gasteiger partial charge in [-0.1, -0.05) is 13.8 Å². The molecule has 3 atom stereocenters. The molecule has 6 heteroatoms. The van der Waals surface area contributed by atoms with Crippen molar-refractivity contribution in [2.24, 2.45) is 5.92 Å². The van der Waals surface area contributed by atoms with Gasteiger partial charge in [-0.15, -0.1) is 5.10 Å². The first-order valence-electron chi connectivity index (χ1n) is 5.53. The second kappa shape index (κ2) is 3.54. The molecule has 3 unspecified atom stereocenters. The van der Waals surface area contributed by atoms with Gasteiger partial charge in [0, 0.05) is 5.92 Å². The second-order valence-corrected chi connectivity index (χ2v) is 4.70. The molecule has 0 radical (unpaired) electrons. The van der Waals surface area contributed by atoms with Gasteiger partial charge >= 0.3 is 5.97 Å². The van der Waals surface area contributed by atoms with Crippen LogP contribution in [0, 0.1) is 5.92 Å². The number of hydrogen-bond donors (Lipinski definition) is 1. The highest BCUT2D eigenvalue weighted by Gasteiger charge is 2.44. The molecule has 88 valence electrons. The normalized spacial score (nSPS) is 27.4. The third-order valence-electron chi connectivity index (χ3n) is 3.55. The van der Waals surface area contributed by atoms with Crippen molar-refractivity contribution in [2.45, 2.75) is 45.1 Å². The van der Waals surface area contributed by atoms with E-state index in [9.17, 15) is 9.90 Å². The van der Waals surface area contributed by atoms with E-state index in [1.807, 2.05) is 6.92 Å². The average Bonchev–Trinajstić information content (AvgIpc) is 2.80. The Bertz CT molecular complexity index is 417. The molecule has 0 spiro atoms. The highest BCUT2D eigenvalue weighted by Crippen LogP contribution is 2.46. The van der Waals surface area contributed by atoms with Crippen molar-refractivity contribution in [2.75, 3.05) is 0 Å². The van der Waals surface area contributed by atoms with Crippen LogP contribution in [-0.4, -0.2) is 31.3 Å². The van der Waals surface area contributed by atoms with E-state index in [1.54, 1.807) is 6.92 Å². The predicted molar refractivity (Wildman–Crippen MR) is 55.9 cm³/mol. The number of carboxylic acid groups (broad SMARTS) is 1. The maximum atomic E-state index is 11.3. The summed E-state index contributed by atoms with van der Waals surface area (Å²) in [6, 6.07) is 0. The Morgan fingerprint density at radius 2 is 2.31 bits per heavy atom. The van der Waals surface area contributed by atoms with Crippen molar-refractivity contribution in [3.05, 3.63) is 5.82 Å². The molecule has 0 bridgehead atoms. The standard InChI is InChI=1S/C10H16N4O2/c1-4-10(3,9(15)16)14-8(11-12-13-14)7-5-6(7)2/h6-7H,4-5H2,1-3H3,(H,15,16). The minimum atomic E-state index is -1.04. The van der Waals surface area contributed by atoms with E-state index in [2.05, 4.69) is 22.4 Å². The average molecular weight is 224 g/mol. The molecule has 0 aromatic carbocycles. The minimum Gasteiger partial charge on any atom is -0.479 e. The summed E-state index contributed by atoms with van der Waals surface area (Å²) in [5, 5.41) is 20.7. The highest BCUT2D eigenvalue weighted by atomic mass is 16.4. The fraction of sp³-hybridized carbons (Fsp3) is 0.800. The Morgan fingerprint density at radius 3 is 2.75 bits per heavy atom. The topological polar surface area (TPSA) is 80.9 Å². The van der Waals surface area contributed by atoms with Crippen LogP contribution in [0.3, 0.4) is 0 Å². The predicted octanol–water partition coefficient (Wildman–Crippen LogP) is 1.01. The van der Waals surface area contributed by atoms with Crippen LogP contribution in [0.5, 0.6) is 0 Å². The molecule has 1 saturated carbocycles. The van der Waals surface area contributed by atoms with E-state index in [4.69, 9.17) is 0 Å². The van der Waals surface area contributed by atoms with Crippen molar-refractivity contribution >= 4 is 5.97 Å². The smallest absolute Gasteiger partial charge is 0.331 e. The molecule has 6 nitrogen and oxygen atoms in total. The lowest BCUT2D eigenvalue weighted by atomic mass is 9.99. The number of tetrazole rings is 1. The number of hydrogen-bond acceptors (Lipinski definition) is 4. The Kier molecular flexibility index (Phi) is 2.44. The van der Waals surface area contributed by atoms with E-state index in [1.165, 1.54) is 4.68 Å². The zero-order chi connectivity index (χ0) is 11.9. The molecule has 1 aliphatic carbocycles. The van der Waals surface area contributed by atoms with Crippen molar-refractivity contribution in [3.8, 4) is 0 Å². The van der Waals surface area contributed by atoms with Crippen molar-refractivity contribution in [3.63, 3.8) is 0 Å². The van der Waals surface area contributed by atoms with Crippen LogP contribution in [0.15, 0.2) is 0 Å². The summed E-state index contributed by atoms with van der Waals surface area (Å²) in [6.45, 7) is 5.60. The monoisotopic (exact) mass is 224 g/mol. The Hall–Kier alpha value is -1.46. The van der Waals surface area contributed by atoms with Crippen LogP contribution in [0.2, 0.25) is 0 Å². The minimum absolute atomic E-state index is 0.320. The summed E-state index contributed by atoms with van der Waals surface area (Å²) in [7, 11) is 0. The summed E-state index contributed by atoms with van der Waals surface area (Å²) < 4.78 is 1.48. The van der Waals surface area contributed by atoms with E-state index < -0.39 is 11.5 Å². The fourth-order valence-electron chi connectivity index (χ4n) is 1.85. The Balaban J connectivity index is 2.39. The van der Waals surface area contributed by atoms with E-state index in [0.717, 1.165) is 6.42 Å². The van der Waals surface area contributed by atoms with Gasteiger partial charge in [-0.25, -0.2) is 9.48 Å². The third kappa shape index (κ3) is 1.48. The van der Waals surface area contributed by atoms with Gasteiger partial charge in [-0.2, -0.15) is 0 Å². The molecule has 0 amide bonds. The van der Waals surface area contributed by atoms with Gasteiger partial charge in [0.25, 0.3) is 0 Å². The molecule has 1 N–H and O–H groups in total. The summed E-state index contributed by atoms with van der Waals surface area (Å²) in [5.74, 6) is 0.691. The molecule has 1 fully saturated rings. The highest BCUT2D eigenvalue weighted by molar-refractivity contribution is 5.76. The summed E-state index contributed by atoms with van der Waals surface area (Å²) in [4.78, 5) is 11.3. The van der Waals surface area contributed by atoms with Crippen molar-refractivity contribution in [1.29, 1.82) is 0 Å². The number of carboxylic acids is 1. The fourth-order valence-corrected chi connectivity index (χ4v) is 1.85. The molecule has 1 heterocycles. The molecule has 1 aliphatic rings. The molecular weight excluding hydrogens is 208 g/mol. The number of rotatable bonds is 4. The Labute approximate surface area is 93.6 Å². The lowest BCUT2D eigenvalue weighted by Crippen LogP contribution is -2.40. The van der Waals surface area contributed by atoms with Crippen molar-refractivity contribution in [1.82, 2.24) is 20.2 Å². The van der Waals surface area contributed by atoms with E-state index in [0.29, 0.717) is 24.1 Å². The van der Waals surface area contributed by atoms with Gasteiger partial charge in [0.05, 0.1) is 0 Å². The number of carbonyl (C=O) groups is 1. The lowest BCUT2D eigenvalue weighted by Gasteiger charge is -2.23. The third-order valence-corrected chi connectivity index (χ3v) is 3.55. The van der Waals surface area contributed by atoms with Crippen molar-refractivity contribution < 1.29 is 9.90 Å². The first-order valence-corrected chi connectivity index (χ1v) is 5.53. The molecule has 1 aromatic heterocycles. The number of aliphatic carboxylic acids is 1. The summed E-state index contributed by atoms with van der Waals surface area (Å²) in [6.07, 6.45) is 1.50. The largest absolute Gasteiger partial charge is 0.479 e. The lowest BCUT2D eigenvalue weighted by molar-refractivity contribution is -0.147. The van der Waals surface area contributed by atoms with Gasteiger partial charge in [-0.05, 0) is 36.1 Å². The zero-order valence-electron chi connectivity index (χ0n) is 9.71. The maximum Gasteiger partial charge on any atom is 0.331 e. The molecule has 0 aliphatic heterocycles. The van der Waals surface area contributed by atoms with Crippen LogP contribution >= 0.6 is 0 Å². The van der Waals surface area contributed by atoms with Crippen LogP contribution in [-0.2, 0) is 10.3 Å². The molecule has 16 heavy (non-hydrogen) atoms. The number of nitrogens with zero attached hydrogens (tertiary/aromatic N) is 4. The molecule has 1 aromatic rings. The molecule has 0 saturated heterocycles. The van der Waals surface area contributed by atoms with Crippen LogP contribution in [0.4, 0.5) is 0 Å². The molecule has 2 rings (SSSR count). The van der Waals surface area contributed by atoms with E-state index in [-0.39, 0.29) is 0 Å². The maximum absolute atomic E-state index is 11.3. The SMILES string of the molecule is CCC(C)(C(=O)O)n1nnnc1C1CC1C. The van der Waals surface area contributed by atoms with Crippen LogP contribution < -0.4 is 0 Å². The van der Waals surface area contributed by atoms with Crippen LogP contribution in [0.25, 0.3) is 0 Å². The zero-order valence-corrected chi connectivity index (χ0v) is 9.71. The van der Waals surface area contributed by atoms with Gasteiger partial charge in [-0.3, -0.25) is 0 Å². The van der Waals surface area contributed by atoms with Gasteiger partial charge in [0.1, 0.15) is 0 Å². The summed E-state index contributed by atoms with van der Waals surface area (Å²) >= 11 is 0. The van der Waals surface area contributed by atoms with E-state index >= 15 is 0 Å². The molecular formula is C10H16N4O2. The summed E-state index contributed by atoms with van der Waals surface area (Å²) in [5.41, 5.74) is -1.04. The first-order chi connectivity index (χ1) is 7.50. The van der Waals surface area contributed by atoms with Gasteiger partial charge in [0.15, 0.2) is 11.4 Å². The quantitative estimate of drug-likeness (QED) is 0.825. The second-order valence-electron chi connectivity index (χ2n) is 4.70. The van der Waals surface area contributed by atoms with Gasteiger partial charge in [0.2, 0.25) is 0 Å². The first kappa shape index (κ1) is 11.0. The van der Waals surface area contributed by atoms with Crippen LogP contribution in [0.1, 0.15) is 45.4 Å².